The van der Waals surface area contributed by atoms with E-state index in [0.717, 1.165) is 10.7 Å². The largest absolute Gasteiger partial charge is 0.573 e. The number of hydrogen-bond donors (Lipinski definition) is 0. The maximum Gasteiger partial charge on any atom is 0.573 e. The fraction of sp³-hybridized carbons (Fsp3) is 0.222. The van der Waals surface area contributed by atoms with Crippen LogP contribution in [0, 0.1) is 0 Å². The topological polar surface area (TPSA) is 61.9 Å². The van der Waals surface area contributed by atoms with Gasteiger partial charge in [0.2, 0.25) is 0 Å². The van der Waals surface area contributed by atoms with E-state index in [9.17, 15) is 18.0 Å². The minimum absolute atomic E-state index is 0.153. The predicted molar refractivity (Wildman–Crippen MR) is 53.3 cm³/mol. The zero-order chi connectivity index (χ0) is 14.2. The van der Waals surface area contributed by atoms with E-state index in [0.29, 0.717) is 4.68 Å². The Morgan fingerprint density at radius 2 is 2.11 bits per heavy atom. The molecule has 0 aliphatic heterocycles. The number of rotatable bonds is 2. The molecule has 1 aromatic carbocycles. The highest BCUT2D eigenvalue weighted by Crippen LogP contribution is 2.23. The first kappa shape index (κ1) is 10.8. The van der Waals surface area contributed by atoms with Gasteiger partial charge in [-0.15, -0.1) is 13.2 Å². The standard InChI is InChI=1S/C9H7F3N4O2/c1-15-8(17)16(14-13-15)6-3-2-4-7(5-6)18-9(10,11)12/h2-5H,1H3/i5T. The van der Waals surface area contributed by atoms with Gasteiger partial charge in [0, 0.05) is 13.1 Å². The summed E-state index contributed by atoms with van der Waals surface area (Å²) in [6.45, 7) is 0. The molecule has 0 N–H and O–H groups in total. The lowest BCUT2D eigenvalue weighted by molar-refractivity contribution is -0.274. The molecule has 6 nitrogen and oxygen atoms in total. The van der Waals surface area contributed by atoms with E-state index in [1.807, 2.05) is 0 Å². The number of hydrogen-bond acceptors (Lipinski definition) is 4. The van der Waals surface area contributed by atoms with Gasteiger partial charge < -0.3 is 4.74 Å². The zero-order valence-corrected chi connectivity index (χ0v) is 8.97. The Morgan fingerprint density at radius 3 is 2.67 bits per heavy atom. The lowest BCUT2D eigenvalue weighted by Gasteiger charge is -2.09. The van der Waals surface area contributed by atoms with Crippen LogP contribution >= 0.6 is 0 Å². The molecule has 96 valence electrons. The average molecular weight is 262 g/mol. The van der Waals surface area contributed by atoms with Gasteiger partial charge in [-0.2, -0.15) is 9.36 Å². The summed E-state index contributed by atoms with van der Waals surface area (Å²) in [7, 11) is 1.32. The third kappa shape index (κ3) is 2.50. The van der Waals surface area contributed by atoms with E-state index in [-0.39, 0.29) is 5.69 Å². The van der Waals surface area contributed by atoms with E-state index >= 15 is 0 Å². The Labute approximate surface area is 99.6 Å². The monoisotopic (exact) mass is 262 g/mol. The second kappa shape index (κ2) is 4.17. The molecule has 1 aromatic heterocycles. The van der Waals surface area contributed by atoms with Crippen molar-refractivity contribution in [2.24, 2.45) is 7.05 Å². The predicted octanol–water partition coefficient (Wildman–Crippen LogP) is 0.865. The van der Waals surface area contributed by atoms with Crippen LogP contribution in [0.2, 0.25) is 0 Å². The van der Waals surface area contributed by atoms with Crippen LogP contribution < -0.4 is 10.4 Å². The summed E-state index contributed by atoms with van der Waals surface area (Å²) in [6.07, 6.45) is -4.91. The summed E-state index contributed by atoms with van der Waals surface area (Å²) in [5.74, 6) is -0.720. The third-order valence-corrected chi connectivity index (χ3v) is 1.93. The van der Waals surface area contributed by atoms with Gasteiger partial charge in [0.15, 0.2) is 0 Å². The Bertz CT molecular complexity index is 664. The van der Waals surface area contributed by atoms with E-state index in [2.05, 4.69) is 15.2 Å². The number of nitrogens with zero attached hydrogens (tertiary/aromatic N) is 4. The summed E-state index contributed by atoms with van der Waals surface area (Å²) in [5, 5.41) is 6.85. The highest BCUT2D eigenvalue weighted by molar-refractivity contribution is 5.38. The van der Waals surface area contributed by atoms with Crippen LogP contribution in [0.15, 0.2) is 29.0 Å². The highest BCUT2D eigenvalue weighted by atomic mass is 19.4. The molecule has 0 saturated heterocycles. The van der Waals surface area contributed by atoms with Crippen molar-refractivity contribution < 1.29 is 19.3 Å². The number of aryl methyl sites for hydroxylation is 1. The molecular weight excluding hydrogens is 253 g/mol. The van der Waals surface area contributed by atoms with E-state index < -0.39 is 23.8 Å². The SMILES string of the molecule is [3H]c1c(OC(F)(F)F)cccc1-n1nnn(C)c1=O. The molecule has 0 fully saturated rings. The summed E-state index contributed by atoms with van der Waals surface area (Å²) >= 11 is 0. The van der Waals surface area contributed by atoms with Gasteiger partial charge in [0.05, 0.1) is 7.06 Å². The molecule has 0 aliphatic rings. The molecule has 0 bridgehead atoms. The first-order chi connectivity index (χ1) is 8.79. The molecule has 0 amide bonds. The fourth-order valence-corrected chi connectivity index (χ4v) is 1.21. The quantitative estimate of drug-likeness (QED) is 0.805. The van der Waals surface area contributed by atoms with Gasteiger partial charge in [0.1, 0.15) is 5.75 Å². The lowest BCUT2D eigenvalue weighted by atomic mass is 10.3. The van der Waals surface area contributed by atoms with Crippen LogP contribution in [0.1, 0.15) is 1.37 Å². The number of ether oxygens (including phenoxy) is 1. The van der Waals surface area contributed by atoms with Crippen molar-refractivity contribution in [1.82, 2.24) is 19.8 Å². The van der Waals surface area contributed by atoms with Gasteiger partial charge in [0.25, 0.3) is 0 Å². The van der Waals surface area contributed by atoms with Crippen molar-refractivity contribution >= 4 is 0 Å². The molecule has 1 heterocycles. The molecule has 9 heteroatoms. The first-order valence-electron chi connectivity index (χ1n) is 5.14. The Hall–Kier alpha value is -2.32. The van der Waals surface area contributed by atoms with Crippen molar-refractivity contribution in [3.8, 4) is 11.4 Å². The normalized spacial score (nSPS) is 12.3. The highest BCUT2D eigenvalue weighted by Gasteiger charge is 2.31. The minimum Gasteiger partial charge on any atom is -0.406 e. The minimum atomic E-state index is -4.91. The summed E-state index contributed by atoms with van der Waals surface area (Å²) in [4.78, 5) is 11.6. The van der Waals surface area contributed by atoms with E-state index in [4.69, 9.17) is 1.37 Å². The number of benzene rings is 1. The molecule has 0 aliphatic carbocycles. The first-order valence-corrected chi connectivity index (χ1v) is 4.64. The van der Waals surface area contributed by atoms with Crippen LogP contribution in [-0.4, -0.2) is 26.2 Å². The average Bonchev–Trinajstić information content (AvgIpc) is 2.62. The second-order valence-corrected chi connectivity index (χ2v) is 3.24. The fourth-order valence-electron chi connectivity index (χ4n) is 1.21. The third-order valence-electron chi connectivity index (χ3n) is 1.93. The Balaban J connectivity index is 2.52. The van der Waals surface area contributed by atoms with E-state index in [1.54, 1.807) is 0 Å². The summed E-state index contributed by atoms with van der Waals surface area (Å²) < 4.78 is 49.3. The van der Waals surface area contributed by atoms with Crippen LogP contribution in [0.25, 0.3) is 5.69 Å². The van der Waals surface area contributed by atoms with Crippen LogP contribution in [0.3, 0.4) is 0 Å². The van der Waals surface area contributed by atoms with Crippen molar-refractivity contribution in [3.05, 3.63) is 34.7 Å². The Morgan fingerprint density at radius 1 is 1.39 bits per heavy atom. The molecule has 0 atom stereocenters. The van der Waals surface area contributed by atoms with Crippen LogP contribution in [0.5, 0.6) is 5.75 Å². The van der Waals surface area contributed by atoms with Crippen LogP contribution in [0.4, 0.5) is 13.2 Å². The van der Waals surface area contributed by atoms with Crippen molar-refractivity contribution in [2.75, 3.05) is 0 Å². The van der Waals surface area contributed by atoms with Crippen molar-refractivity contribution in [1.29, 1.82) is 0 Å². The summed E-state index contributed by atoms with van der Waals surface area (Å²) in [5.41, 5.74) is -0.836. The van der Waals surface area contributed by atoms with Gasteiger partial charge in [-0.1, -0.05) is 6.07 Å². The van der Waals surface area contributed by atoms with Gasteiger partial charge >= 0.3 is 12.1 Å². The van der Waals surface area contributed by atoms with Crippen LogP contribution in [-0.2, 0) is 7.05 Å². The maximum absolute atomic E-state index is 12.1. The van der Waals surface area contributed by atoms with Gasteiger partial charge in [-0.3, -0.25) is 0 Å². The Kier molecular flexibility index (Phi) is 2.50. The van der Waals surface area contributed by atoms with Crippen molar-refractivity contribution in [3.63, 3.8) is 0 Å². The summed E-state index contributed by atoms with van der Waals surface area (Å²) in [6, 6.07) is 2.85. The molecule has 2 rings (SSSR count). The smallest absolute Gasteiger partial charge is 0.406 e. The number of tetrazole rings is 1. The molecule has 0 saturated carbocycles. The maximum atomic E-state index is 12.1. The van der Waals surface area contributed by atoms with E-state index in [1.165, 1.54) is 19.2 Å². The second-order valence-electron chi connectivity index (χ2n) is 3.24. The van der Waals surface area contributed by atoms with Crippen molar-refractivity contribution in [2.45, 2.75) is 6.36 Å². The number of halogens is 3. The molecule has 0 spiro atoms. The molecule has 18 heavy (non-hydrogen) atoms. The van der Waals surface area contributed by atoms with Gasteiger partial charge in [-0.05, 0) is 22.6 Å². The molecule has 0 unspecified atom stereocenters. The molecule has 2 aromatic rings. The molecule has 0 radical (unpaired) electrons. The van der Waals surface area contributed by atoms with Gasteiger partial charge in [-0.25, -0.2) is 4.79 Å². The number of alkyl halides is 3. The molecular formula is C9H7F3N4O2. The lowest BCUT2D eigenvalue weighted by Crippen LogP contribution is -2.22. The number of aromatic nitrogens is 4. The zero-order valence-electron chi connectivity index (χ0n) is 9.97.